The Labute approximate surface area is 108 Å². The van der Waals surface area contributed by atoms with Crippen molar-refractivity contribution in [3.8, 4) is 11.4 Å². The maximum atomic E-state index is 10.9. The molecule has 1 N–H and O–H groups in total. The highest BCUT2D eigenvalue weighted by molar-refractivity contribution is 5.86. The minimum atomic E-state index is -1.06. The van der Waals surface area contributed by atoms with E-state index in [2.05, 4.69) is 15.0 Å². The van der Waals surface area contributed by atoms with Crippen molar-refractivity contribution in [1.82, 2.24) is 15.0 Å². The number of rotatable bonds is 2. The maximum absolute atomic E-state index is 10.9. The number of hydrogen-bond donors (Lipinski definition) is 1. The average Bonchev–Trinajstić information content (AvgIpc) is 2.47. The average molecular weight is 251 g/mol. The molecule has 5 heteroatoms. The molecule has 0 fully saturated rings. The van der Waals surface area contributed by atoms with Crippen molar-refractivity contribution in [2.45, 2.75) is 0 Å². The molecule has 0 bridgehead atoms. The van der Waals surface area contributed by atoms with Crippen molar-refractivity contribution in [2.75, 3.05) is 0 Å². The summed E-state index contributed by atoms with van der Waals surface area (Å²) in [5.41, 5.74) is 1.63. The molecule has 0 aliphatic heterocycles. The summed E-state index contributed by atoms with van der Waals surface area (Å²) in [4.78, 5) is 23.2. The molecule has 2 aromatic heterocycles. The number of hydrogen-bond acceptors (Lipinski definition) is 4. The van der Waals surface area contributed by atoms with Gasteiger partial charge in [0.2, 0.25) is 0 Å². The molecule has 3 aromatic rings. The maximum Gasteiger partial charge on any atom is 0.354 e. The van der Waals surface area contributed by atoms with Crippen molar-refractivity contribution >= 4 is 16.9 Å². The van der Waals surface area contributed by atoms with Crippen LogP contribution < -0.4 is 0 Å². The Bertz CT molecular complexity index is 771. The zero-order chi connectivity index (χ0) is 13.2. The van der Waals surface area contributed by atoms with Gasteiger partial charge in [-0.1, -0.05) is 6.07 Å². The van der Waals surface area contributed by atoms with Gasteiger partial charge in [0.25, 0.3) is 0 Å². The van der Waals surface area contributed by atoms with Crippen molar-refractivity contribution < 1.29 is 9.90 Å². The number of pyridine rings is 1. The number of fused-ring (bicyclic) bond motifs is 1. The molecule has 92 valence electrons. The van der Waals surface area contributed by atoms with E-state index in [1.807, 2.05) is 30.3 Å². The Kier molecular flexibility index (Phi) is 2.64. The molecule has 0 aliphatic carbocycles. The van der Waals surface area contributed by atoms with Gasteiger partial charge in [0.05, 0.1) is 5.52 Å². The number of carboxylic acid groups (broad SMARTS) is 1. The summed E-state index contributed by atoms with van der Waals surface area (Å²) in [5, 5.41) is 9.89. The summed E-state index contributed by atoms with van der Waals surface area (Å²) in [6.07, 6.45) is 3.17. The molecule has 0 amide bonds. The highest BCUT2D eigenvalue weighted by atomic mass is 16.4. The van der Waals surface area contributed by atoms with E-state index in [4.69, 9.17) is 5.11 Å². The fourth-order valence-corrected chi connectivity index (χ4v) is 1.83. The lowest BCUT2D eigenvalue weighted by molar-refractivity contribution is 0.0690. The van der Waals surface area contributed by atoms with Gasteiger partial charge < -0.3 is 5.11 Å². The first-order valence-electron chi connectivity index (χ1n) is 5.65. The number of benzene rings is 1. The smallest absolute Gasteiger partial charge is 0.354 e. The zero-order valence-corrected chi connectivity index (χ0v) is 9.82. The van der Waals surface area contributed by atoms with E-state index in [0.717, 1.165) is 16.5 Å². The van der Waals surface area contributed by atoms with Crippen LogP contribution in [0.15, 0.2) is 48.8 Å². The van der Waals surface area contributed by atoms with Gasteiger partial charge in [-0.3, -0.25) is 4.98 Å². The van der Waals surface area contributed by atoms with Crippen molar-refractivity contribution in [1.29, 1.82) is 0 Å². The Morgan fingerprint density at radius 3 is 2.79 bits per heavy atom. The van der Waals surface area contributed by atoms with Crippen LogP contribution in [0.2, 0.25) is 0 Å². The molecule has 0 saturated carbocycles. The van der Waals surface area contributed by atoms with Crippen molar-refractivity contribution in [2.24, 2.45) is 0 Å². The Balaban J connectivity index is 2.13. The first-order chi connectivity index (χ1) is 9.24. The molecular formula is C14H9N3O2. The molecule has 0 atom stereocenters. The first kappa shape index (κ1) is 11.3. The number of nitrogens with zero attached hydrogens (tertiary/aromatic N) is 3. The van der Waals surface area contributed by atoms with E-state index in [1.165, 1.54) is 12.3 Å². The van der Waals surface area contributed by atoms with Gasteiger partial charge in [-0.25, -0.2) is 14.8 Å². The van der Waals surface area contributed by atoms with Crippen LogP contribution >= 0.6 is 0 Å². The van der Waals surface area contributed by atoms with Crippen LogP contribution in [0.4, 0.5) is 0 Å². The van der Waals surface area contributed by atoms with Crippen LogP contribution in [0.1, 0.15) is 10.5 Å². The number of aromatic carboxylic acids is 1. The van der Waals surface area contributed by atoms with E-state index < -0.39 is 5.97 Å². The molecule has 0 spiro atoms. The lowest BCUT2D eigenvalue weighted by Crippen LogP contribution is -2.02. The predicted molar refractivity (Wildman–Crippen MR) is 69.7 cm³/mol. The Morgan fingerprint density at radius 1 is 1.05 bits per heavy atom. The van der Waals surface area contributed by atoms with Gasteiger partial charge in [0, 0.05) is 23.3 Å². The first-order valence-corrected chi connectivity index (χ1v) is 5.65. The minimum Gasteiger partial charge on any atom is -0.477 e. The summed E-state index contributed by atoms with van der Waals surface area (Å²) in [7, 11) is 0. The molecule has 0 saturated heterocycles. The lowest BCUT2D eigenvalue weighted by Gasteiger charge is -2.03. The van der Waals surface area contributed by atoms with E-state index in [0.29, 0.717) is 5.82 Å². The SMILES string of the molecule is O=C(O)c1ccnc(-c2ccc3ncccc3c2)n1. The molecule has 0 aliphatic rings. The number of aromatic nitrogens is 3. The van der Waals surface area contributed by atoms with E-state index in [-0.39, 0.29) is 5.69 Å². The fraction of sp³-hybridized carbons (Fsp3) is 0. The van der Waals surface area contributed by atoms with E-state index >= 15 is 0 Å². The summed E-state index contributed by atoms with van der Waals surface area (Å²) in [6, 6.07) is 10.7. The second kappa shape index (κ2) is 4.45. The summed E-state index contributed by atoms with van der Waals surface area (Å²) in [6.45, 7) is 0. The fourth-order valence-electron chi connectivity index (χ4n) is 1.83. The predicted octanol–water partition coefficient (Wildman–Crippen LogP) is 2.39. The van der Waals surface area contributed by atoms with Gasteiger partial charge in [0.1, 0.15) is 0 Å². The van der Waals surface area contributed by atoms with Crippen LogP contribution in [0, 0.1) is 0 Å². The Hall–Kier alpha value is -2.82. The molecule has 0 radical (unpaired) electrons. The number of carbonyl (C=O) groups is 1. The molecule has 5 nitrogen and oxygen atoms in total. The molecule has 19 heavy (non-hydrogen) atoms. The highest BCUT2D eigenvalue weighted by Crippen LogP contribution is 2.20. The summed E-state index contributed by atoms with van der Waals surface area (Å²) in [5.74, 6) is -0.670. The minimum absolute atomic E-state index is 0.0173. The summed E-state index contributed by atoms with van der Waals surface area (Å²) >= 11 is 0. The second-order valence-electron chi connectivity index (χ2n) is 3.98. The largest absolute Gasteiger partial charge is 0.477 e. The quantitative estimate of drug-likeness (QED) is 0.756. The third-order valence-electron chi connectivity index (χ3n) is 2.74. The van der Waals surface area contributed by atoms with Crippen LogP contribution in [-0.2, 0) is 0 Å². The van der Waals surface area contributed by atoms with Crippen LogP contribution in [0.5, 0.6) is 0 Å². The second-order valence-corrected chi connectivity index (χ2v) is 3.98. The Morgan fingerprint density at radius 2 is 1.95 bits per heavy atom. The van der Waals surface area contributed by atoms with Gasteiger partial charge in [-0.15, -0.1) is 0 Å². The molecule has 3 rings (SSSR count). The number of carboxylic acids is 1. The van der Waals surface area contributed by atoms with Crippen LogP contribution in [0.3, 0.4) is 0 Å². The van der Waals surface area contributed by atoms with Gasteiger partial charge in [-0.05, 0) is 30.3 Å². The van der Waals surface area contributed by atoms with Gasteiger partial charge in [0.15, 0.2) is 11.5 Å². The highest BCUT2D eigenvalue weighted by Gasteiger charge is 2.08. The monoisotopic (exact) mass is 251 g/mol. The van der Waals surface area contributed by atoms with Crippen molar-refractivity contribution in [3.63, 3.8) is 0 Å². The topological polar surface area (TPSA) is 76.0 Å². The zero-order valence-electron chi connectivity index (χ0n) is 9.82. The van der Waals surface area contributed by atoms with E-state index in [1.54, 1.807) is 6.20 Å². The van der Waals surface area contributed by atoms with Gasteiger partial charge >= 0.3 is 5.97 Å². The molecule has 1 aromatic carbocycles. The van der Waals surface area contributed by atoms with E-state index in [9.17, 15) is 4.79 Å². The van der Waals surface area contributed by atoms with Crippen molar-refractivity contribution in [3.05, 3.63) is 54.5 Å². The molecular weight excluding hydrogens is 242 g/mol. The lowest BCUT2D eigenvalue weighted by atomic mass is 10.1. The third-order valence-corrected chi connectivity index (χ3v) is 2.74. The normalized spacial score (nSPS) is 10.5. The standard InChI is InChI=1S/C14H9N3O2/c18-14(19)12-5-7-16-13(17-12)10-3-4-11-9(8-10)2-1-6-15-11/h1-8H,(H,18,19). The van der Waals surface area contributed by atoms with Gasteiger partial charge in [-0.2, -0.15) is 0 Å². The van der Waals surface area contributed by atoms with Crippen LogP contribution in [-0.4, -0.2) is 26.0 Å². The third kappa shape index (κ3) is 2.13. The summed E-state index contributed by atoms with van der Waals surface area (Å²) < 4.78 is 0. The van der Waals surface area contributed by atoms with Crippen LogP contribution in [0.25, 0.3) is 22.3 Å². The molecule has 2 heterocycles. The molecule has 0 unspecified atom stereocenters.